The van der Waals surface area contributed by atoms with Crippen molar-refractivity contribution in [1.29, 1.82) is 0 Å². The molecule has 0 saturated carbocycles. The lowest BCUT2D eigenvalue weighted by Gasteiger charge is -2.16. The Hall–Kier alpha value is -2.59. The summed E-state index contributed by atoms with van der Waals surface area (Å²) in [6.07, 6.45) is 0.293. The molecular formula is C16H23N5O4S. The van der Waals surface area contributed by atoms with E-state index in [2.05, 4.69) is 10.6 Å². The zero-order valence-electron chi connectivity index (χ0n) is 14.1. The van der Waals surface area contributed by atoms with Gasteiger partial charge >= 0.3 is 0 Å². The number of nitrogens with two attached hydrogens (primary N) is 3. The summed E-state index contributed by atoms with van der Waals surface area (Å²) in [4.78, 5) is 45.7. The molecule has 0 aliphatic carbocycles. The summed E-state index contributed by atoms with van der Waals surface area (Å²) < 4.78 is 0. The van der Waals surface area contributed by atoms with E-state index in [1.165, 1.54) is 0 Å². The molecule has 0 fully saturated rings. The molecule has 0 spiro atoms. The van der Waals surface area contributed by atoms with E-state index in [1.807, 2.05) is 30.3 Å². The standard InChI is InChI=1S/C16H23N5O4S/c17-11(16(25)20-7-13(18)22)8-26-9-14(23)21-12(15(19)24)6-10-4-2-1-3-5-10/h1-5,11-12H,6-9,17H2,(H2,18,22)(H2,19,24)(H,20,25)(H,21,23). The minimum atomic E-state index is -0.886. The molecule has 0 aliphatic heterocycles. The third-order valence-corrected chi connectivity index (χ3v) is 4.33. The SMILES string of the molecule is NC(=O)CNC(=O)C(N)CSCC(=O)NC(Cc1ccccc1)C(N)=O. The van der Waals surface area contributed by atoms with Crippen LogP contribution in [0.2, 0.25) is 0 Å². The zero-order valence-corrected chi connectivity index (χ0v) is 15.0. The van der Waals surface area contributed by atoms with Gasteiger partial charge < -0.3 is 27.8 Å². The minimum Gasteiger partial charge on any atom is -0.368 e. The molecule has 0 aliphatic rings. The van der Waals surface area contributed by atoms with Crippen molar-refractivity contribution in [1.82, 2.24) is 10.6 Å². The molecule has 0 radical (unpaired) electrons. The summed E-state index contributed by atoms with van der Waals surface area (Å²) in [6, 6.07) is 7.47. The summed E-state index contributed by atoms with van der Waals surface area (Å²) in [5, 5.41) is 4.85. The summed E-state index contributed by atoms with van der Waals surface area (Å²) in [5.41, 5.74) is 16.8. The summed E-state index contributed by atoms with van der Waals surface area (Å²) in [7, 11) is 0. The van der Waals surface area contributed by atoms with Crippen LogP contribution in [0.25, 0.3) is 0 Å². The lowest BCUT2D eigenvalue weighted by Crippen LogP contribution is -2.47. The monoisotopic (exact) mass is 381 g/mol. The predicted octanol–water partition coefficient (Wildman–Crippen LogP) is -2.14. The van der Waals surface area contributed by atoms with Gasteiger partial charge in [-0.15, -0.1) is 11.8 Å². The summed E-state index contributed by atoms with van der Waals surface area (Å²) in [5.74, 6) is -2.05. The van der Waals surface area contributed by atoms with Crippen LogP contribution in [0.1, 0.15) is 5.56 Å². The van der Waals surface area contributed by atoms with E-state index in [0.29, 0.717) is 6.42 Å². The van der Waals surface area contributed by atoms with Gasteiger partial charge in [0, 0.05) is 12.2 Å². The largest absolute Gasteiger partial charge is 0.368 e. The van der Waals surface area contributed by atoms with Gasteiger partial charge in [0.2, 0.25) is 23.6 Å². The van der Waals surface area contributed by atoms with Gasteiger partial charge in [0.1, 0.15) is 6.04 Å². The second-order valence-corrected chi connectivity index (χ2v) is 6.55. The molecule has 2 unspecified atom stereocenters. The quantitative estimate of drug-likeness (QED) is 0.293. The Bertz CT molecular complexity index is 641. The molecule has 0 aromatic heterocycles. The number of thioether (sulfide) groups is 1. The molecule has 1 aromatic rings. The molecule has 1 aromatic carbocycles. The molecule has 4 amide bonds. The van der Waals surface area contributed by atoms with E-state index in [1.54, 1.807) is 0 Å². The fraction of sp³-hybridized carbons (Fsp3) is 0.375. The average molecular weight is 381 g/mol. The van der Waals surface area contributed by atoms with Crippen molar-refractivity contribution in [2.75, 3.05) is 18.1 Å². The second kappa shape index (κ2) is 11.1. The van der Waals surface area contributed by atoms with Gasteiger partial charge in [-0.3, -0.25) is 19.2 Å². The number of hydrogen-bond acceptors (Lipinski definition) is 6. The molecule has 9 nitrogen and oxygen atoms in total. The second-order valence-electron chi connectivity index (χ2n) is 5.52. The van der Waals surface area contributed by atoms with Crippen molar-refractivity contribution in [3.8, 4) is 0 Å². The highest BCUT2D eigenvalue weighted by Crippen LogP contribution is 2.05. The van der Waals surface area contributed by atoms with E-state index >= 15 is 0 Å². The van der Waals surface area contributed by atoms with Crippen LogP contribution < -0.4 is 27.8 Å². The topological polar surface area (TPSA) is 170 Å². The molecule has 1 rings (SSSR count). The Morgan fingerprint density at radius 1 is 1.08 bits per heavy atom. The number of primary amides is 2. The van der Waals surface area contributed by atoms with E-state index in [-0.39, 0.29) is 24.0 Å². The Morgan fingerprint density at radius 2 is 1.73 bits per heavy atom. The van der Waals surface area contributed by atoms with Gasteiger partial charge in [-0.2, -0.15) is 0 Å². The number of rotatable bonds is 11. The van der Waals surface area contributed by atoms with Crippen LogP contribution in [0, 0.1) is 0 Å². The van der Waals surface area contributed by atoms with Crippen LogP contribution in [0.3, 0.4) is 0 Å². The van der Waals surface area contributed by atoms with Crippen molar-refractivity contribution in [2.45, 2.75) is 18.5 Å². The third kappa shape index (κ3) is 8.49. The van der Waals surface area contributed by atoms with Gasteiger partial charge in [0.15, 0.2) is 0 Å². The number of amides is 4. The van der Waals surface area contributed by atoms with Crippen LogP contribution in [0.15, 0.2) is 30.3 Å². The maximum Gasteiger partial charge on any atom is 0.240 e. The van der Waals surface area contributed by atoms with Gasteiger partial charge in [0.05, 0.1) is 18.3 Å². The predicted molar refractivity (Wildman–Crippen MR) is 98.8 cm³/mol. The van der Waals surface area contributed by atoms with Gasteiger partial charge in [0.25, 0.3) is 0 Å². The summed E-state index contributed by atoms with van der Waals surface area (Å²) in [6.45, 7) is -0.294. The molecule has 0 bridgehead atoms. The Balaban J connectivity index is 2.38. The number of carbonyl (C=O) groups excluding carboxylic acids is 4. The summed E-state index contributed by atoms with van der Waals surface area (Å²) >= 11 is 1.13. The first-order valence-corrected chi connectivity index (χ1v) is 8.97. The normalized spacial score (nSPS) is 12.7. The minimum absolute atomic E-state index is 0.00929. The Labute approximate surface area is 155 Å². The first-order valence-electron chi connectivity index (χ1n) is 7.81. The molecule has 142 valence electrons. The smallest absolute Gasteiger partial charge is 0.240 e. The first-order chi connectivity index (χ1) is 12.3. The van der Waals surface area contributed by atoms with E-state index in [4.69, 9.17) is 17.2 Å². The molecule has 26 heavy (non-hydrogen) atoms. The lowest BCUT2D eigenvalue weighted by molar-refractivity contribution is -0.125. The van der Waals surface area contributed by atoms with Crippen molar-refractivity contribution in [3.05, 3.63) is 35.9 Å². The van der Waals surface area contributed by atoms with Gasteiger partial charge in [-0.25, -0.2) is 0 Å². The van der Waals surface area contributed by atoms with E-state index in [0.717, 1.165) is 17.3 Å². The first kappa shape index (κ1) is 21.5. The van der Waals surface area contributed by atoms with Gasteiger partial charge in [-0.1, -0.05) is 30.3 Å². The molecule has 0 saturated heterocycles. The maximum absolute atomic E-state index is 12.0. The highest BCUT2D eigenvalue weighted by Gasteiger charge is 2.19. The highest BCUT2D eigenvalue weighted by molar-refractivity contribution is 8.00. The van der Waals surface area contributed by atoms with E-state index < -0.39 is 29.8 Å². The molecule has 2 atom stereocenters. The molecule has 8 N–H and O–H groups in total. The Kier molecular flexibility index (Phi) is 9.17. The van der Waals surface area contributed by atoms with Crippen molar-refractivity contribution < 1.29 is 19.2 Å². The molecular weight excluding hydrogens is 358 g/mol. The van der Waals surface area contributed by atoms with E-state index in [9.17, 15) is 19.2 Å². The average Bonchev–Trinajstić information content (AvgIpc) is 2.59. The van der Waals surface area contributed by atoms with Gasteiger partial charge in [-0.05, 0) is 5.56 Å². The Morgan fingerprint density at radius 3 is 2.31 bits per heavy atom. The fourth-order valence-corrected chi connectivity index (χ4v) is 2.76. The van der Waals surface area contributed by atoms with Crippen LogP contribution in [0.4, 0.5) is 0 Å². The van der Waals surface area contributed by atoms with Crippen LogP contribution in [-0.4, -0.2) is 53.8 Å². The van der Waals surface area contributed by atoms with Crippen LogP contribution in [-0.2, 0) is 25.6 Å². The van der Waals surface area contributed by atoms with Crippen molar-refractivity contribution in [2.24, 2.45) is 17.2 Å². The van der Waals surface area contributed by atoms with Crippen molar-refractivity contribution in [3.63, 3.8) is 0 Å². The highest BCUT2D eigenvalue weighted by atomic mass is 32.2. The number of benzene rings is 1. The fourth-order valence-electron chi connectivity index (χ4n) is 1.97. The third-order valence-electron chi connectivity index (χ3n) is 3.27. The van der Waals surface area contributed by atoms with Crippen LogP contribution >= 0.6 is 11.8 Å². The van der Waals surface area contributed by atoms with Crippen LogP contribution in [0.5, 0.6) is 0 Å². The molecule has 10 heteroatoms. The number of carbonyl (C=O) groups is 4. The van der Waals surface area contributed by atoms with Crippen molar-refractivity contribution >= 4 is 35.4 Å². The number of nitrogens with one attached hydrogen (secondary N) is 2. The maximum atomic E-state index is 12.0. The lowest BCUT2D eigenvalue weighted by atomic mass is 10.1. The molecule has 0 heterocycles. The zero-order chi connectivity index (χ0) is 19.5. The number of hydrogen-bond donors (Lipinski definition) is 5.